The third kappa shape index (κ3) is 4.84. The number of nitrogens with zero attached hydrogens (tertiary/aromatic N) is 2. The first kappa shape index (κ1) is 17.5. The smallest absolute Gasteiger partial charge is 0.223 e. The van der Waals surface area contributed by atoms with Crippen molar-refractivity contribution in [3.8, 4) is 0 Å². The molecule has 24 heavy (non-hydrogen) atoms. The molecule has 0 aliphatic carbocycles. The van der Waals surface area contributed by atoms with E-state index in [0.717, 1.165) is 17.7 Å². The van der Waals surface area contributed by atoms with E-state index in [1.54, 1.807) is 24.5 Å². The lowest BCUT2D eigenvalue weighted by Crippen LogP contribution is -2.33. The summed E-state index contributed by atoms with van der Waals surface area (Å²) < 4.78 is 26.3. The molecule has 126 valence electrons. The highest BCUT2D eigenvalue weighted by Crippen LogP contribution is 2.18. The monoisotopic (exact) mass is 333 g/mol. The maximum absolute atomic E-state index is 13.3. The van der Waals surface area contributed by atoms with E-state index >= 15 is 0 Å². The summed E-state index contributed by atoms with van der Waals surface area (Å²) in [6.45, 7) is 1.73. The van der Waals surface area contributed by atoms with Crippen molar-refractivity contribution in [1.29, 1.82) is 0 Å². The summed E-state index contributed by atoms with van der Waals surface area (Å²) in [6, 6.07) is 6.75. The van der Waals surface area contributed by atoms with Gasteiger partial charge in [0.2, 0.25) is 11.8 Å². The molecule has 2 rings (SSSR count). The second-order valence-electron chi connectivity index (χ2n) is 5.15. The summed E-state index contributed by atoms with van der Waals surface area (Å²) in [4.78, 5) is 28.7. The molecule has 7 heteroatoms. The second kappa shape index (κ2) is 8.14. The van der Waals surface area contributed by atoms with Crippen LogP contribution in [-0.2, 0) is 16.1 Å². The van der Waals surface area contributed by atoms with Crippen LogP contribution < -0.4 is 10.2 Å². The van der Waals surface area contributed by atoms with Gasteiger partial charge in [0.15, 0.2) is 11.6 Å². The SMILES string of the molecule is CC(=O)N(CCC(=O)NCc1ccncc1)c1ccc(F)c(F)c1. The topological polar surface area (TPSA) is 62.3 Å². The number of aromatic nitrogens is 1. The maximum atomic E-state index is 13.3. The van der Waals surface area contributed by atoms with Gasteiger partial charge in [0.05, 0.1) is 0 Å². The minimum atomic E-state index is -1.04. The lowest BCUT2D eigenvalue weighted by Gasteiger charge is -2.21. The van der Waals surface area contributed by atoms with Gasteiger partial charge in [0.1, 0.15) is 0 Å². The molecule has 1 N–H and O–H groups in total. The molecule has 0 saturated carbocycles. The van der Waals surface area contributed by atoms with E-state index in [1.807, 2.05) is 0 Å². The molecule has 0 bridgehead atoms. The normalized spacial score (nSPS) is 10.3. The van der Waals surface area contributed by atoms with Crippen molar-refractivity contribution in [2.75, 3.05) is 11.4 Å². The summed E-state index contributed by atoms with van der Waals surface area (Å²) in [5.41, 5.74) is 1.12. The molecule has 0 aliphatic rings. The van der Waals surface area contributed by atoms with Gasteiger partial charge in [0.25, 0.3) is 0 Å². The number of nitrogens with one attached hydrogen (secondary N) is 1. The molecular formula is C17H17F2N3O2. The van der Waals surface area contributed by atoms with Gasteiger partial charge < -0.3 is 10.2 Å². The van der Waals surface area contributed by atoms with Gasteiger partial charge in [-0.05, 0) is 29.8 Å². The van der Waals surface area contributed by atoms with Crippen LogP contribution in [0.2, 0.25) is 0 Å². The minimum Gasteiger partial charge on any atom is -0.352 e. The van der Waals surface area contributed by atoms with Gasteiger partial charge >= 0.3 is 0 Å². The van der Waals surface area contributed by atoms with E-state index in [1.165, 1.54) is 17.9 Å². The third-order valence-corrected chi connectivity index (χ3v) is 3.40. The van der Waals surface area contributed by atoms with Crippen molar-refractivity contribution in [3.63, 3.8) is 0 Å². The molecule has 0 unspecified atom stereocenters. The molecule has 0 saturated heterocycles. The Hall–Kier alpha value is -2.83. The number of hydrogen-bond donors (Lipinski definition) is 1. The van der Waals surface area contributed by atoms with E-state index in [2.05, 4.69) is 10.3 Å². The van der Waals surface area contributed by atoms with Crippen molar-refractivity contribution in [1.82, 2.24) is 10.3 Å². The minimum absolute atomic E-state index is 0.0453. The Morgan fingerprint density at radius 1 is 1.12 bits per heavy atom. The number of amides is 2. The first-order valence-electron chi connectivity index (χ1n) is 7.36. The molecule has 0 fully saturated rings. The van der Waals surface area contributed by atoms with E-state index in [-0.39, 0.29) is 30.5 Å². The highest BCUT2D eigenvalue weighted by atomic mass is 19.2. The molecular weight excluding hydrogens is 316 g/mol. The number of pyridine rings is 1. The lowest BCUT2D eigenvalue weighted by molar-refractivity contribution is -0.121. The molecule has 0 radical (unpaired) electrons. The largest absolute Gasteiger partial charge is 0.352 e. The summed E-state index contributed by atoms with van der Waals surface area (Å²) in [7, 11) is 0. The molecule has 0 aliphatic heterocycles. The zero-order chi connectivity index (χ0) is 17.5. The second-order valence-corrected chi connectivity index (χ2v) is 5.15. The number of rotatable bonds is 6. The fourth-order valence-corrected chi connectivity index (χ4v) is 2.12. The highest BCUT2D eigenvalue weighted by Gasteiger charge is 2.15. The number of carbonyl (C=O) groups is 2. The van der Waals surface area contributed by atoms with Gasteiger partial charge in [-0.2, -0.15) is 0 Å². The zero-order valence-corrected chi connectivity index (χ0v) is 13.1. The number of carbonyl (C=O) groups excluding carboxylic acids is 2. The summed E-state index contributed by atoms with van der Waals surface area (Å²) in [6.07, 6.45) is 3.30. The Balaban J connectivity index is 1.92. The first-order valence-corrected chi connectivity index (χ1v) is 7.36. The summed E-state index contributed by atoms with van der Waals surface area (Å²) in [5, 5.41) is 2.73. The number of benzene rings is 1. The fourth-order valence-electron chi connectivity index (χ4n) is 2.12. The molecule has 1 heterocycles. The van der Waals surface area contributed by atoms with Crippen LogP contribution in [0.4, 0.5) is 14.5 Å². The number of hydrogen-bond acceptors (Lipinski definition) is 3. The Morgan fingerprint density at radius 3 is 2.46 bits per heavy atom. The fraction of sp³-hybridized carbons (Fsp3) is 0.235. The van der Waals surface area contributed by atoms with Crippen LogP contribution >= 0.6 is 0 Å². The Kier molecular flexibility index (Phi) is 5.95. The standard InChI is InChI=1S/C17H17F2N3O2/c1-12(23)22(14-2-3-15(18)16(19)10-14)9-6-17(24)21-11-13-4-7-20-8-5-13/h2-5,7-8,10H,6,9,11H2,1H3,(H,21,24). The van der Waals surface area contributed by atoms with Crippen molar-refractivity contribution < 1.29 is 18.4 Å². The van der Waals surface area contributed by atoms with Gasteiger partial charge in [0, 0.05) is 50.6 Å². The molecule has 5 nitrogen and oxygen atoms in total. The van der Waals surface area contributed by atoms with Crippen LogP contribution in [0.5, 0.6) is 0 Å². The molecule has 1 aromatic carbocycles. The van der Waals surface area contributed by atoms with Crippen LogP contribution in [0.25, 0.3) is 0 Å². The predicted octanol–water partition coefficient (Wildman–Crippen LogP) is 2.42. The Morgan fingerprint density at radius 2 is 1.83 bits per heavy atom. The van der Waals surface area contributed by atoms with E-state index < -0.39 is 11.6 Å². The van der Waals surface area contributed by atoms with Crippen LogP contribution in [0, 0.1) is 11.6 Å². The Labute approximate surface area is 138 Å². The number of halogens is 2. The van der Waals surface area contributed by atoms with Crippen LogP contribution in [0.3, 0.4) is 0 Å². The average Bonchev–Trinajstić information content (AvgIpc) is 2.57. The maximum Gasteiger partial charge on any atom is 0.223 e. The van der Waals surface area contributed by atoms with Crippen molar-refractivity contribution in [3.05, 3.63) is 59.9 Å². The predicted molar refractivity (Wildman–Crippen MR) is 85.1 cm³/mol. The van der Waals surface area contributed by atoms with E-state index in [4.69, 9.17) is 0 Å². The third-order valence-electron chi connectivity index (χ3n) is 3.40. The van der Waals surface area contributed by atoms with Gasteiger partial charge in [-0.15, -0.1) is 0 Å². The molecule has 2 aromatic rings. The molecule has 0 atom stereocenters. The Bertz CT molecular complexity index is 723. The zero-order valence-electron chi connectivity index (χ0n) is 13.1. The summed E-state index contributed by atoms with van der Waals surface area (Å²) >= 11 is 0. The highest BCUT2D eigenvalue weighted by molar-refractivity contribution is 5.92. The first-order chi connectivity index (χ1) is 11.5. The molecule has 0 spiro atoms. The van der Waals surface area contributed by atoms with E-state index in [9.17, 15) is 18.4 Å². The van der Waals surface area contributed by atoms with Gasteiger partial charge in [-0.25, -0.2) is 8.78 Å². The van der Waals surface area contributed by atoms with Crippen molar-refractivity contribution >= 4 is 17.5 Å². The molecule has 1 aromatic heterocycles. The van der Waals surface area contributed by atoms with Crippen LogP contribution in [0.15, 0.2) is 42.7 Å². The summed E-state index contributed by atoms with van der Waals surface area (Å²) in [5.74, 6) is -2.64. The van der Waals surface area contributed by atoms with Crippen molar-refractivity contribution in [2.45, 2.75) is 19.9 Å². The van der Waals surface area contributed by atoms with Gasteiger partial charge in [-0.3, -0.25) is 14.6 Å². The quantitative estimate of drug-likeness (QED) is 0.883. The lowest BCUT2D eigenvalue weighted by atomic mass is 10.2. The van der Waals surface area contributed by atoms with Crippen molar-refractivity contribution in [2.24, 2.45) is 0 Å². The van der Waals surface area contributed by atoms with E-state index in [0.29, 0.717) is 6.54 Å². The molecule has 2 amide bonds. The average molecular weight is 333 g/mol. The van der Waals surface area contributed by atoms with Crippen LogP contribution in [-0.4, -0.2) is 23.3 Å². The van der Waals surface area contributed by atoms with Gasteiger partial charge in [-0.1, -0.05) is 0 Å². The van der Waals surface area contributed by atoms with Crippen LogP contribution in [0.1, 0.15) is 18.9 Å². The number of anilines is 1.